The van der Waals surface area contributed by atoms with Crippen molar-refractivity contribution in [3.8, 4) is 5.75 Å². The molecular weight excluding hydrogens is 245 g/mol. The summed E-state index contributed by atoms with van der Waals surface area (Å²) in [6.45, 7) is -0.723. The third-order valence-electron chi connectivity index (χ3n) is 1.60. The molecule has 1 rings (SSSR count). The maximum Gasteiger partial charge on any atom is 0.341 e. The van der Waals surface area contributed by atoms with Crippen molar-refractivity contribution in [3.63, 3.8) is 0 Å². The minimum Gasteiger partial charge on any atom is -0.480 e. The molecule has 0 saturated heterocycles. The lowest BCUT2D eigenvalue weighted by atomic mass is 10.5. The Morgan fingerprint density at radius 3 is 2.65 bits per heavy atom. The highest BCUT2D eigenvalue weighted by Crippen LogP contribution is 2.15. The number of aliphatic carboxylic acids is 1. The van der Waals surface area contributed by atoms with Gasteiger partial charge in [-0.25, -0.2) is 18.0 Å². The van der Waals surface area contributed by atoms with Crippen LogP contribution in [0.2, 0.25) is 0 Å². The van der Waals surface area contributed by atoms with Crippen molar-refractivity contribution in [2.45, 2.75) is 12.7 Å². The summed E-state index contributed by atoms with van der Waals surface area (Å²) in [7, 11) is 0. The predicted octanol–water partition coefficient (Wildman–Crippen LogP) is 0.440. The number of carboxylic acid groups (broad SMARTS) is 1. The summed E-state index contributed by atoms with van der Waals surface area (Å²) in [5, 5.41) is 11.4. The Labute approximate surface area is 92.2 Å². The van der Waals surface area contributed by atoms with E-state index in [4.69, 9.17) is 5.11 Å². The molecule has 0 aliphatic rings. The highest BCUT2D eigenvalue weighted by Gasteiger charge is 2.23. The summed E-state index contributed by atoms with van der Waals surface area (Å²) in [5.41, 5.74) is -1.15. The van der Waals surface area contributed by atoms with E-state index in [2.05, 4.69) is 9.84 Å². The van der Waals surface area contributed by atoms with Crippen molar-refractivity contribution in [3.05, 3.63) is 22.6 Å². The summed E-state index contributed by atoms with van der Waals surface area (Å²) in [6, 6.07) is 0.672. The predicted molar refractivity (Wildman–Crippen MR) is 47.8 cm³/mol. The number of alkyl halides is 3. The minimum absolute atomic E-state index is 0.0572. The third kappa shape index (κ3) is 3.47. The number of ether oxygens (including phenoxy) is 1. The Balaban J connectivity index is 2.86. The highest BCUT2D eigenvalue weighted by atomic mass is 19.3. The van der Waals surface area contributed by atoms with Crippen molar-refractivity contribution < 1.29 is 27.8 Å². The summed E-state index contributed by atoms with van der Waals surface area (Å²) >= 11 is 0. The molecule has 1 heterocycles. The van der Waals surface area contributed by atoms with E-state index in [9.17, 15) is 22.8 Å². The van der Waals surface area contributed by atoms with Crippen LogP contribution in [0.1, 0.15) is 6.30 Å². The van der Waals surface area contributed by atoms with E-state index < -0.39 is 30.9 Å². The number of carboxylic acids is 1. The maximum atomic E-state index is 12.8. The molecule has 0 spiro atoms. The van der Waals surface area contributed by atoms with Crippen LogP contribution in [0.3, 0.4) is 0 Å². The van der Waals surface area contributed by atoms with Crippen molar-refractivity contribution >= 4 is 5.97 Å². The molecule has 9 heteroatoms. The molecule has 0 fully saturated rings. The lowest BCUT2D eigenvalue weighted by Gasteiger charge is -2.09. The molecule has 1 atom stereocenters. The first-order valence-corrected chi connectivity index (χ1v) is 4.27. The molecule has 0 aromatic carbocycles. The van der Waals surface area contributed by atoms with Crippen molar-refractivity contribution in [1.82, 2.24) is 9.78 Å². The zero-order valence-corrected chi connectivity index (χ0v) is 8.22. The van der Waals surface area contributed by atoms with E-state index >= 15 is 0 Å². The van der Waals surface area contributed by atoms with Gasteiger partial charge < -0.3 is 9.84 Å². The van der Waals surface area contributed by atoms with E-state index in [1.807, 2.05) is 0 Å². The SMILES string of the molecule is O=C(O)COc1cnn(C(F)C(F)F)c(=O)c1. The lowest BCUT2D eigenvalue weighted by Crippen LogP contribution is -2.28. The fourth-order valence-electron chi connectivity index (χ4n) is 0.917. The molecule has 0 aliphatic heterocycles. The topological polar surface area (TPSA) is 81.4 Å². The lowest BCUT2D eigenvalue weighted by molar-refractivity contribution is -0.139. The van der Waals surface area contributed by atoms with Gasteiger partial charge in [-0.3, -0.25) is 4.79 Å². The van der Waals surface area contributed by atoms with E-state index in [-0.39, 0.29) is 10.4 Å². The zero-order valence-electron chi connectivity index (χ0n) is 8.22. The molecule has 0 radical (unpaired) electrons. The van der Waals surface area contributed by atoms with Crippen LogP contribution in [0.25, 0.3) is 0 Å². The van der Waals surface area contributed by atoms with Crippen molar-refractivity contribution in [2.24, 2.45) is 0 Å². The molecular formula is C8H7F3N2O4. The summed E-state index contributed by atoms with van der Waals surface area (Å²) in [6.07, 6.45) is -5.46. The van der Waals surface area contributed by atoms with Gasteiger partial charge in [-0.2, -0.15) is 9.78 Å². The molecule has 1 aromatic heterocycles. The van der Waals surface area contributed by atoms with Gasteiger partial charge in [0.2, 0.25) is 0 Å². The number of hydrogen-bond acceptors (Lipinski definition) is 4. The summed E-state index contributed by atoms with van der Waals surface area (Å²) in [4.78, 5) is 21.3. The fourth-order valence-corrected chi connectivity index (χ4v) is 0.917. The number of hydrogen-bond donors (Lipinski definition) is 1. The molecule has 0 bridgehead atoms. The molecule has 1 unspecified atom stereocenters. The number of aromatic nitrogens is 2. The van der Waals surface area contributed by atoms with Gasteiger partial charge in [0.1, 0.15) is 5.75 Å². The van der Waals surface area contributed by atoms with Crippen molar-refractivity contribution in [2.75, 3.05) is 6.61 Å². The van der Waals surface area contributed by atoms with Gasteiger partial charge in [0.15, 0.2) is 6.61 Å². The van der Waals surface area contributed by atoms with Crippen LogP contribution in [0.5, 0.6) is 5.75 Å². The monoisotopic (exact) mass is 252 g/mol. The van der Waals surface area contributed by atoms with E-state index in [1.54, 1.807) is 0 Å². The van der Waals surface area contributed by atoms with Gasteiger partial charge in [-0.15, -0.1) is 0 Å². The fraction of sp³-hybridized carbons (Fsp3) is 0.375. The quantitative estimate of drug-likeness (QED) is 0.822. The van der Waals surface area contributed by atoms with Crippen LogP contribution in [0.15, 0.2) is 17.1 Å². The molecule has 17 heavy (non-hydrogen) atoms. The van der Waals surface area contributed by atoms with Crippen LogP contribution in [-0.4, -0.2) is 33.9 Å². The Hall–Kier alpha value is -2.06. The Morgan fingerprint density at radius 1 is 1.53 bits per heavy atom. The van der Waals surface area contributed by atoms with Gasteiger partial charge in [-0.1, -0.05) is 0 Å². The smallest absolute Gasteiger partial charge is 0.341 e. The second kappa shape index (κ2) is 5.32. The Bertz CT molecular complexity index is 462. The number of halogens is 3. The minimum atomic E-state index is -3.38. The van der Waals surface area contributed by atoms with Crippen LogP contribution in [-0.2, 0) is 4.79 Å². The average Bonchev–Trinajstić information content (AvgIpc) is 2.25. The van der Waals surface area contributed by atoms with Gasteiger partial charge in [0, 0.05) is 6.07 Å². The standard InChI is InChI=1S/C8H7F3N2O4/c9-7(10)8(11)13-5(14)1-4(2-12-13)17-3-6(15)16/h1-2,7-8H,3H2,(H,15,16). The van der Waals surface area contributed by atoms with E-state index in [1.165, 1.54) is 0 Å². The Morgan fingerprint density at radius 2 is 2.18 bits per heavy atom. The summed E-state index contributed by atoms with van der Waals surface area (Å²) < 4.78 is 41.2. The van der Waals surface area contributed by atoms with Gasteiger partial charge in [0.05, 0.1) is 6.20 Å². The van der Waals surface area contributed by atoms with Crippen LogP contribution < -0.4 is 10.3 Å². The largest absolute Gasteiger partial charge is 0.480 e. The second-order valence-electron chi connectivity index (χ2n) is 2.86. The Kier molecular flexibility index (Phi) is 4.07. The molecule has 0 aliphatic carbocycles. The van der Waals surface area contributed by atoms with Crippen molar-refractivity contribution in [1.29, 1.82) is 0 Å². The molecule has 0 amide bonds. The first kappa shape index (κ1) is 13.0. The second-order valence-corrected chi connectivity index (χ2v) is 2.86. The van der Waals surface area contributed by atoms with Gasteiger partial charge in [0.25, 0.3) is 18.3 Å². The molecule has 94 valence electrons. The van der Waals surface area contributed by atoms with Gasteiger partial charge in [-0.05, 0) is 0 Å². The van der Waals surface area contributed by atoms with Crippen LogP contribution in [0, 0.1) is 0 Å². The number of rotatable bonds is 5. The molecule has 1 N–H and O–H groups in total. The van der Waals surface area contributed by atoms with Crippen LogP contribution >= 0.6 is 0 Å². The average molecular weight is 252 g/mol. The van der Waals surface area contributed by atoms with E-state index in [0.29, 0.717) is 6.07 Å². The van der Waals surface area contributed by atoms with Crippen LogP contribution in [0.4, 0.5) is 13.2 Å². The highest BCUT2D eigenvalue weighted by molar-refractivity contribution is 5.68. The first-order chi connectivity index (χ1) is 7.91. The molecule has 0 saturated carbocycles. The van der Waals surface area contributed by atoms with Gasteiger partial charge >= 0.3 is 5.97 Å². The first-order valence-electron chi connectivity index (χ1n) is 4.27. The zero-order chi connectivity index (χ0) is 13.0. The molecule has 6 nitrogen and oxygen atoms in total. The number of carbonyl (C=O) groups is 1. The molecule has 1 aromatic rings. The summed E-state index contributed by atoms with van der Waals surface area (Å²) in [5.74, 6) is -1.53. The maximum absolute atomic E-state index is 12.8. The third-order valence-corrected chi connectivity index (χ3v) is 1.60. The normalized spacial score (nSPS) is 12.5. The number of nitrogens with zero attached hydrogens (tertiary/aromatic N) is 2. The van der Waals surface area contributed by atoms with E-state index in [0.717, 1.165) is 6.20 Å².